The van der Waals surface area contributed by atoms with Gasteiger partial charge in [0.2, 0.25) is 0 Å². The molecule has 0 saturated heterocycles. The molecule has 1 unspecified atom stereocenters. The molecule has 0 aliphatic heterocycles. The predicted molar refractivity (Wildman–Crippen MR) is 127 cm³/mol. The number of rotatable bonds is 2. The molecule has 2 radical (unpaired) electrons. The van der Waals surface area contributed by atoms with Gasteiger partial charge < -0.3 is 0 Å². The Labute approximate surface area is 199 Å². The molecule has 0 saturated carbocycles. The van der Waals surface area contributed by atoms with Crippen molar-refractivity contribution in [2.75, 3.05) is 0 Å². The first-order chi connectivity index (χ1) is 13.4. The van der Waals surface area contributed by atoms with Crippen molar-refractivity contribution < 1.29 is 25.8 Å². The third-order valence-electron chi connectivity index (χ3n) is 5.57. The van der Waals surface area contributed by atoms with Crippen LogP contribution in [0.2, 0.25) is 13.1 Å². The smallest absolute Gasteiger partial charge is 0.0307 e. The van der Waals surface area contributed by atoms with Crippen LogP contribution in [0.15, 0.2) is 48.5 Å². The Balaban J connectivity index is 0.000000277. The summed E-state index contributed by atoms with van der Waals surface area (Å²) in [6, 6.07) is 15.3. The van der Waals surface area contributed by atoms with E-state index in [9.17, 15) is 0 Å². The van der Waals surface area contributed by atoms with Crippen LogP contribution in [0.3, 0.4) is 0 Å². The van der Waals surface area contributed by atoms with Gasteiger partial charge in [-0.15, -0.1) is 29.2 Å². The Morgan fingerprint density at radius 1 is 0.931 bits per heavy atom. The second kappa shape index (κ2) is 12.5. The van der Waals surface area contributed by atoms with Gasteiger partial charge in [0.25, 0.3) is 0 Å². The van der Waals surface area contributed by atoms with Crippen LogP contribution in [0.5, 0.6) is 0 Å². The maximum Gasteiger partial charge on any atom is 0.0307 e. The zero-order valence-electron chi connectivity index (χ0n) is 19.1. The average molecular weight is 565 g/mol. The molecular formula is C27H34HfSi-2. The van der Waals surface area contributed by atoms with Gasteiger partial charge in [0.05, 0.1) is 0 Å². The Hall–Kier alpha value is -1.12. The molecule has 2 heteroatoms. The van der Waals surface area contributed by atoms with E-state index in [0.717, 1.165) is 9.52 Å². The summed E-state index contributed by atoms with van der Waals surface area (Å²) in [4.78, 5) is 0. The summed E-state index contributed by atoms with van der Waals surface area (Å²) in [5.41, 5.74) is 8.52. The molecule has 0 heterocycles. The second-order valence-electron chi connectivity index (χ2n) is 7.72. The van der Waals surface area contributed by atoms with Crippen LogP contribution < -0.4 is 0 Å². The first kappa shape index (κ1) is 25.9. The minimum Gasteiger partial charge on any atom is -0.196 e. The molecular weight excluding hydrogens is 531 g/mol. The Morgan fingerprint density at radius 2 is 1.52 bits per heavy atom. The summed E-state index contributed by atoms with van der Waals surface area (Å²) >= 11 is 0. The number of hydrogen-bond donors (Lipinski definition) is 0. The molecule has 1 atom stereocenters. The molecule has 0 aromatic heterocycles. The summed E-state index contributed by atoms with van der Waals surface area (Å²) in [5, 5.41) is 2.66. The van der Waals surface area contributed by atoms with Crippen molar-refractivity contribution in [3.8, 4) is 0 Å². The van der Waals surface area contributed by atoms with Crippen molar-refractivity contribution in [1.29, 1.82) is 0 Å². The summed E-state index contributed by atoms with van der Waals surface area (Å²) in [5.74, 6) is 0.588. The number of aryl methyl sites for hydroxylation is 2. The van der Waals surface area contributed by atoms with Gasteiger partial charge in [0.1, 0.15) is 0 Å². The van der Waals surface area contributed by atoms with Crippen molar-refractivity contribution in [2.24, 2.45) is 0 Å². The van der Waals surface area contributed by atoms with E-state index < -0.39 is 0 Å². The fourth-order valence-electron chi connectivity index (χ4n) is 3.71. The van der Waals surface area contributed by atoms with Gasteiger partial charge in [-0.3, -0.25) is 0 Å². The van der Waals surface area contributed by atoms with Crippen LogP contribution in [-0.2, 0) is 25.8 Å². The van der Waals surface area contributed by atoms with Crippen molar-refractivity contribution in [2.45, 2.75) is 66.5 Å². The van der Waals surface area contributed by atoms with Crippen molar-refractivity contribution in [1.82, 2.24) is 0 Å². The summed E-state index contributed by atoms with van der Waals surface area (Å²) < 4.78 is 0. The molecule has 4 rings (SSSR count). The number of fused-ring (bicyclic) bond motifs is 3. The number of hydrogen-bond acceptors (Lipinski definition) is 0. The Kier molecular flexibility index (Phi) is 11.2. The fraction of sp³-hybridized carbons (Fsp3) is 0.370. The van der Waals surface area contributed by atoms with E-state index in [1.54, 1.807) is 0 Å². The van der Waals surface area contributed by atoms with Crippen molar-refractivity contribution >= 4 is 20.3 Å². The molecule has 3 aromatic carbocycles. The molecule has 0 amide bonds. The minimum atomic E-state index is 0. The zero-order chi connectivity index (χ0) is 20.7. The van der Waals surface area contributed by atoms with E-state index in [2.05, 4.69) is 102 Å². The van der Waals surface area contributed by atoms with Crippen molar-refractivity contribution in [3.05, 3.63) is 88.0 Å². The number of benzene rings is 2. The molecule has 29 heavy (non-hydrogen) atoms. The van der Waals surface area contributed by atoms with Gasteiger partial charge >= 0.3 is 0 Å². The third-order valence-corrected chi connectivity index (χ3v) is 5.57. The number of allylic oxidation sites excluding steroid dienone is 1. The summed E-state index contributed by atoms with van der Waals surface area (Å²) in [7, 11) is 1.08. The monoisotopic (exact) mass is 566 g/mol. The quantitative estimate of drug-likeness (QED) is 0.219. The van der Waals surface area contributed by atoms with Gasteiger partial charge in [-0.25, -0.2) is 0 Å². The third kappa shape index (κ3) is 6.43. The second-order valence-corrected chi connectivity index (χ2v) is 8.72. The SMILES string of the molecule is CCCC1C=[C-]c2c1ccc1ccccc21.C[Si]C.Cc1[cH-]c(C)c(C)c1C.[Hf]. The zero-order valence-corrected chi connectivity index (χ0v) is 23.7. The standard InChI is InChI=1S/C16H15.C9H13.C2H6Si.Hf/c1-2-5-12-9-11-16-14-7-4-3-6-13(14)8-10-15(12)16;1-6-5-7(2)9(4)8(6)3;1-3-2;/h3-4,6-10,12H,2,5H2,1H3;5H,1-4H3;1-2H3;/q2*-1;;. The molecule has 0 fully saturated rings. The van der Waals surface area contributed by atoms with Gasteiger partial charge in [0.15, 0.2) is 0 Å². The molecule has 1 aliphatic carbocycles. The maximum absolute atomic E-state index is 3.45. The first-order valence-electron chi connectivity index (χ1n) is 10.3. The van der Waals surface area contributed by atoms with E-state index in [0.29, 0.717) is 5.92 Å². The molecule has 0 bridgehead atoms. The van der Waals surface area contributed by atoms with E-state index in [1.165, 1.54) is 57.0 Å². The van der Waals surface area contributed by atoms with Crippen LogP contribution in [0.4, 0.5) is 0 Å². The van der Waals surface area contributed by atoms with Gasteiger partial charge in [-0.05, 0) is 0 Å². The molecule has 0 spiro atoms. The van der Waals surface area contributed by atoms with E-state index in [4.69, 9.17) is 0 Å². The molecule has 152 valence electrons. The van der Waals surface area contributed by atoms with Crippen LogP contribution in [0.25, 0.3) is 10.8 Å². The van der Waals surface area contributed by atoms with E-state index in [-0.39, 0.29) is 25.8 Å². The van der Waals surface area contributed by atoms with Crippen LogP contribution >= 0.6 is 0 Å². The van der Waals surface area contributed by atoms with E-state index >= 15 is 0 Å². The van der Waals surface area contributed by atoms with Crippen LogP contribution in [-0.4, -0.2) is 9.52 Å². The van der Waals surface area contributed by atoms with Gasteiger partial charge in [-0.2, -0.15) is 40.0 Å². The molecule has 0 nitrogen and oxygen atoms in total. The van der Waals surface area contributed by atoms with Crippen molar-refractivity contribution in [3.63, 3.8) is 0 Å². The minimum absolute atomic E-state index is 0. The van der Waals surface area contributed by atoms with Gasteiger partial charge in [0, 0.05) is 35.4 Å². The largest absolute Gasteiger partial charge is 0.196 e. The normalized spacial score (nSPS) is 13.7. The predicted octanol–water partition coefficient (Wildman–Crippen LogP) is 7.87. The molecule has 3 aromatic rings. The maximum atomic E-state index is 3.45. The molecule has 0 N–H and O–H groups in total. The summed E-state index contributed by atoms with van der Waals surface area (Å²) in [6.07, 6.45) is 8.16. The first-order valence-corrected chi connectivity index (χ1v) is 12.3. The topological polar surface area (TPSA) is 0 Å². The van der Waals surface area contributed by atoms with Crippen LogP contribution in [0, 0.1) is 33.8 Å². The summed E-state index contributed by atoms with van der Waals surface area (Å²) in [6.45, 7) is 15.2. The Bertz CT molecular complexity index is 911. The van der Waals surface area contributed by atoms with Gasteiger partial charge in [-0.1, -0.05) is 96.1 Å². The fourth-order valence-corrected chi connectivity index (χ4v) is 3.71. The van der Waals surface area contributed by atoms with E-state index in [1.807, 2.05) is 0 Å². The Morgan fingerprint density at radius 3 is 2.03 bits per heavy atom. The molecule has 1 aliphatic rings. The average Bonchev–Trinajstić information content (AvgIpc) is 3.20. The van der Waals surface area contributed by atoms with Crippen LogP contribution in [0.1, 0.15) is 59.1 Å².